The van der Waals surface area contributed by atoms with Crippen molar-refractivity contribution in [2.24, 2.45) is 0 Å². The van der Waals surface area contributed by atoms with Crippen LogP contribution in [0, 0.1) is 12.7 Å². The molecule has 0 saturated carbocycles. The van der Waals surface area contributed by atoms with Crippen molar-refractivity contribution in [1.82, 2.24) is 5.32 Å². The van der Waals surface area contributed by atoms with Gasteiger partial charge >= 0.3 is 0 Å². The average Bonchev–Trinajstić information content (AvgIpc) is 2.39. The van der Waals surface area contributed by atoms with Gasteiger partial charge in [0.25, 0.3) is 0 Å². The van der Waals surface area contributed by atoms with E-state index in [1.165, 1.54) is 17.2 Å². The maximum atomic E-state index is 14.0. The maximum absolute atomic E-state index is 14.0. The lowest BCUT2D eigenvalue weighted by atomic mass is 9.96. The van der Waals surface area contributed by atoms with E-state index in [0.29, 0.717) is 5.56 Å². The summed E-state index contributed by atoms with van der Waals surface area (Å²) >= 11 is 3.44. The normalized spacial score (nSPS) is 12.4. The molecule has 0 fully saturated rings. The Hall–Kier alpha value is -1.19. The monoisotopic (exact) mass is 321 g/mol. The number of likely N-dealkylation sites (N-methyl/N-ethyl adjacent to an activating group) is 1. The number of benzene rings is 2. The molecule has 0 radical (unpaired) electrons. The number of halogens is 2. The van der Waals surface area contributed by atoms with Gasteiger partial charge < -0.3 is 5.32 Å². The molecular formula is C16H17BrFN. The Morgan fingerprint density at radius 1 is 1.16 bits per heavy atom. The SMILES string of the molecule is CNC(Cc1ccccc1C)c1c(F)cccc1Br. The van der Waals surface area contributed by atoms with Gasteiger partial charge in [0.05, 0.1) is 0 Å². The van der Waals surface area contributed by atoms with Crippen molar-refractivity contribution in [3.05, 3.63) is 69.4 Å². The van der Waals surface area contributed by atoms with Crippen molar-refractivity contribution >= 4 is 15.9 Å². The summed E-state index contributed by atoms with van der Waals surface area (Å²) in [6.45, 7) is 2.08. The highest BCUT2D eigenvalue weighted by molar-refractivity contribution is 9.10. The minimum atomic E-state index is -0.178. The molecule has 0 saturated heterocycles. The number of hydrogen-bond acceptors (Lipinski definition) is 1. The van der Waals surface area contributed by atoms with E-state index in [4.69, 9.17) is 0 Å². The molecule has 0 amide bonds. The lowest BCUT2D eigenvalue weighted by Crippen LogP contribution is -2.21. The van der Waals surface area contributed by atoms with Gasteiger partial charge in [-0.25, -0.2) is 4.39 Å². The molecule has 19 heavy (non-hydrogen) atoms. The maximum Gasteiger partial charge on any atom is 0.129 e. The third kappa shape index (κ3) is 3.23. The molecule has 1 N–H and O–H groups in total. The molecule has 0 aliphatic heterocycles. The summed E-state index contributed by atoms with van der Waals surface area (Å²) in [6, 6.07) is 13.3. The first-order valence-electron chi connectivity index (χ1n) is 6.29. The van der Waals surface area contributed by atoms with Crippen molar-refractivity contribution in [3.8, 4) is 0 Å². The van der Waals surface area contributed by atoms with E-state index in [2.05, 4.69) is 40.3 Å². The highest BCUT2D eigenvalue weighted by atomic mass is 79.9. The molecule has 1 unspecified atom stereocenters. The van der Waals surface area contributed by atoms with Crippen LogP contribution >= 0.6 is 15.9 Å². The van der Waals surface area contributed by atoms with Crippen LogP contribution in [0.1, 0.15) is 22.7 Å². The molecule has 3 heteroatoms. The second-order valence-corrected chi connectivity index (χ2v) is 5.46. The first-order valence-corrected chi connectivity index (χ1v) is 7.08. The third-order valence-electron chi connectivity index (χ3n) is 3.38. The van der Waals surface area contributed by atoms with E-state index < -0.39 is 0 Å². The standard InChI is InChI=1S/C16H17BrFN/c1-11-6-3-4-7-12(11)10-15(19-2)16-13(17)8-5-9-14(16)18/h3-9,15,19H,10H2,1-2H3. The molecule has 1 atom stereocenters. The Bertz CT molecular complexity index is 548. The van der Waals surface area contributed by atoms with Crippen molar-refractivity contribution in [2.45, 2.75) is 19.4 Å². The molecule has 0 spiro atoms. The largest absolute Gasteiger partial charge is 0.313 e. The second-order valence-electron chi connectivity index (χ2n) is 4.61. The molecule has 2 aromatic carbocycles. The van der Waals surface area contributed by atoms with E-state index in [0.717, 1.165) is 10.9 Å². The van der Waals surface area contributed by atoms with Crippen LogP contribution in [-0.4, -0.2) is 7.05 Å². The van der Waals surface area contributed by atoms with Crippen LogP contribution in [-0.2, 0) is 6.42 Å². The quantitative estimate of drug-likeness (QED) is 0.880. The van der Waals surface area contributed by atoms with E-state index in [1.807, 2.05) is 25.2 Å². The molecule has 2 aromatic rings. The van der Waals surface area contributed by atoms with E-state index in [1.54, 1.807) is 6.07 Å². The zero-order valence-electron chi connectivity index (χ0n) is 11.1. The van der Waals surface area contributed by atoms with Crippen LogP contribution in [0.25, 0.3) is 0 Å². The van der Waals surface area contributed by atoms with Crippen molar-refractivity contribution in [1.29, 1.82) is 0 Å². The van der Waals surface area contributed by atoms with Gasteiger partial charge in [0.1, 0.15) is 5.82 Å². The number of nitrogens with one attached hydrogen (secondary N) is 1. The average molecular weight is 322 g/mol. The van der Waals surface area contributed by atoms with Crippen LogP contribution in [0.15, 0.2) is 46.9 Å². The highest BCUT2D eigenvalue weighted by Crippen LogP contribution is 2.29. The number of aryl methyl sites for hydroxylation is 1. The lowest BCUT2D eigenvalue weighted by molar-refractivity contribution is 0.531. The molecule has 2 rings (SSSR count). The molecule has 0 aromatic heterocycles. The molecule has 100 valence electrons. The van der Waals surface area contributed by atoms with Crippen LogP contribution in [0.4, 0.5) is 4.39 Å². The summed E-state index contributed by atoms with van der Waals surface area (Å²) in [7, 11) is 1.86. The predicted octanol–water partition coefficient (Wildman–Crippen LogP) is 4.40. The Morgan fingerprint density at radius 2 is 1.89 bits per heavy atom. The molecule has 0 aliphatic carbocycles. The van der Waals surface area contributed by atoms with Gasteiger partial charge in [0, 0.05) is 16.1 Å². The first kappa shape index (κ1) is 14.2. The fourth-order valence-corrected chi connectivity index (χ4v) is 2.87. The summed E-state index contributed by atoms with van der Waals surface area (Å²) in [5, 5.41) is 3.21. The topological polar surface area (TPSA) is 12.0 Å². The van der Waals surface area contributed by atoms with Crippen molar-refractivity contribution in [3.63, 3.8) is 0 Å². The Kier molecular flexibility index (Phi) is 4.72. The summed E-state index contributed by atoms with van der Waals surface area (Å²) in [6.07, 6.45) is 0.767. The van der Waals surface area contributed by atoms with Gasteiger partial charge in [0.15, 0.2) is 0 Å². The van der Waals surface area contributed by atoms with Gasteiger partial charge in [-0.2, -0.15) is 0 Å². The smallest absolute Gasteiger partial charge is 0.129 e. The molecule has 1 nitrogen and oxygen atoms in total. The number of rotatable bonds is 4. The minimum absolute atomic E-state index is 0.0447. The number of hydrogen-bond donors (Lipinski definition) is 1. The summed E-state index contributed by atoms with van der Waals surface area (Å²) in [5.74, 6) is -0.178. The van der Waals surface area contributed by atoms with Crippen LogP contribution in [0.2, 0.25) is 0 Å². The summed E-state index contributed by atoms with van der Waals surface area (Å²) in [5.41, 5.74) is 3.15. The van der Waals surface area contributed by atoms with Gasteiger partial charge in [-0.1, -0.05) is 46.3 Å². The van der Waals surface area contributed by atoms with Crippen LogP contribution < -0.4 is 5.32 Å². The highest BCUT2D eigenvalue weighted by Gasteiger charge is 2.18. The lowest BCUT2D eigenvalue weighted by Gasteiger charge is -2.20. The van der Waals surface area contributed by atoms with Crippen LogP contribution in [0.5, 0.6) is 0 Å². The Labute approximate surface area is 122 Å². The van der Waals surface area contributed by atoms with E-state index >= 15 is 0 Å². The zero-order valence-corrected chi connectivity index (χ0v) is 12.7. The fourth-order valence-electron chi connectivity index (χ4n) is 2.25. The molecule has 0 aliphatic rings. The third-order valence-corrected chi connectivity index (χ3v) is 4.07. The minimum Gasteiger partial charge on any atom is -0.313 e. The molecule has 0 heterocycles. The Balaban J connectivity index is 2.34. The fraction of sp³-hybridized carbons (Fsp3) is 0.250. The van der Waals surface area contributed by atoms with E-state index in [-0.39, 0.29) is 11.9 Å². The zero-order chi connectivity index (χ0) is 13.8. The van der Waals surface area contributed by atoms with Gasteiger partial charge in [-0.05, 0) is 43.7 Å². The van der Waals surface area contributed by atoms with Crippen molar-refractivity contribution < 1.29 is 4.39 Å². The van der Waals surface area contributed by atoms with Crippen LogP contribution in [0.3, 0.4) is 0 Å². The van der Waals surface area contributed by atoms with E-state index in [9.17, 15) is 4.39 Å². The van der Waals surface area contributed by atoms with Gasteiger partial charge in [0.2, 0.25) is 0 Å². The van der Waals surface area contributed by atoms with Crippen molar-refractivity contribution in [2.75, 3.05) is 7.05 Å². The van der Waals surface area contributed by atoms with Gasteiger partial charge in [-0.3, -0.25) is 0 Å². The molecular weight excluding hydrogens is 305 g/mol. The summed E-state index contributed by atoms with van der Waals surface area (Å²) in [4.78, 5) is 0. The second kappa shape index (κ2) is 6.31. The molecule has 0 bridgehead atoms. The first-order chi connectivity index (χ1) is 9.13. The Morgan fingerprint density at radius 3 is 2.53 bits per heavy atom. The predicted molar refractivity (Wildman–Crippen MR) is 80.8 cm³/mol. The summed E-state index contributed by atoms with van der Waals surface area (Å²) < 4.78 is 14.8. The van der Waals surface area contributed by atoms with Gasteiger partial charge in [-0.15, -0.1) is 0 Å².